The summed E-state index contributed by atoms with van der Waals surface area (Å²) in [4.78, 5) is 11.8. The minimum Gasteiger partial charge on any atom is -0.493 e. The minimum atomic E-state index is -0.374. The number of hydrogen-bond donors (Lipinski definition) is 0. The Kier molecular flexibility index (Phi) is 6.62. The summed E-state index contributed by atoms with van der Waals surface area (Å²) in [6, 6.07) is 7.14. The van der Waals surface area contributed by atoms with Crippen LogP contribution in [0.2, 0.25) is 0 Å². The van der Waals surface area contributed by atoms with Gasteiger partial charge in [0.2, 0.25) is 0 Å². The Bertz CT molecular complexity index is 385. The molecule has 0 bridgehead atoms. The van der Waals surface area contributed by atoms with Crippen molar-refractivity contribution in [2.45, 2.75) is 26.2 Å². The Morgan fingerprint density at radius 2 is 2.11 bits per heavy atom. The third-order valence-corrected chi connectivity index (χ3v) is 2.44. The molecular weight excluding hydrogens is 228 g/mol. The molecule has 0 aliphatic carbocycles. The minimum absolute atomic E-state index is 0.211. The van der Waals surface area contributed by atoms with Crippen molar-refractivity contribution >= 4 is 5.97 Å². The predicted molar refractivity (Wildman–Crippen MR) is 71.9 cm³/mol. The van der Waals surface area contributed by atoms with Crippen LogP contribution in [0.15, 0.2) is 36.9 Å². The first-order valence-electron chi connectivity index (χ1n) is 6.29. The summed E-state index contributed by atoms with van der Waals surface area (Å²) in [5.74, 6) is 0.212. The highest BCUT2D eigenvalue weighted by atomic mass is 16.5. The van der Waals surface area contributed by atoms with Gasteiger partial charge in [-0.3, -0.25) is 0 Å². The molecule has 0 aromatic heterocycles. The van der Waals surface area contributed by atoms with Crippen LogP contribution in [-0.4, -0.2) is 19.2 Å². The van der Waals surface area contributed by atoms with Crippen molar-refractivity contribution in [3.63, 3.8) is 0 Å². The largest absolute Gasteiger partial charge is 0.493 e. The standard InChI is InChI=1S/C15H20O3/c1-3-5-8-12-17-14-10-7-6-9-13(14)15(16)18-11-4-2/h4,6-7,9-10H,2-3,5,8,11-12H2,1H3. The second-order valence-electron chi connectivity index (χ2n) is 3.94. The zero-order valence-corrected chi connectivity index (χ0v) is 10.9. The zero-order chi connectivity index (χ0) is 13.2. The molecule has 98 valence electrons. The van der Waals surface area contributed by atoms with Crippen molar-refractivity contribution in [2.75, 3.05) is 13.2 Å². The first-order valence-corrected chi connectivity index (χ1v) is 6.29. The van der Waals surface area contributed by atoms with Crippen LogP contribution in [0.25, 0.3) is 0 Å². The number of ether oxygens (including phenoxy) is 2. The average molecular weight is 248 g/mol. The fourth-order valence-corrected chi connectivity index (χ4v) is 1.51. The van der Waals surface area contributed by atoms with Gasteiger partial charge in [0.25, 0.3) is 0 Å². The Labute approximate surface area is 108 Å². The Morgan fingerprint density at radius 3 is 2.83 bits per heavy atom. The van der Waals surface area contributed by atoms with Gasteiger partial charge in [0, 0.05) is 0 Å². The van der Waals surface area contributed by atoms with Gasteiger partial charge in [-0.1, -0.05) is 44.6 Å². The summed E-state index contributed by atoms with van der Waals surface area (Å²) in [5.41, 5.74) is 0.468. The van der Waals surface area contributed by atoms with Crippen molar-refractivity contribution in [2.24, 2.45) is 0 Å². The van der Waals surface area contributed by atoms with E-state index in [1.54, 1.807) is 24.3 Å². The maximum atomic E-state index is 11.8. The molecule has 1 aromatic rings. The summed E-state index contributed by atoms with van der Waals surface area (Å²) in [7, 11) is 0. The lowest BCUT2D eigenvalue weighted by atomic mass is 10.2. The van der Waals surface area contributed by atoms with Gasteiger partial charge >= 0.3 is 5.97 Å². The molecule has 0 atom stereocenters. The Morgan fingerprint density at radius 1 is 1.33 bits per heavy atom. The maximum absolute atomic E-state index is 11.8. The van der Waals surface area contributed by atoms with Gasteiger partial charge in [0.05, 0.1) is 6.61 Å². The zero-order valence-electron chi connectivity index (χ0n) is 10.9. The third-order valence-electron chi connectivity index (χ3n) is 2.44. The molecule has 0 amide bonds. The van der Waals surface area contributed by atoms with E-state index in [4.69, 9.17) is 9.47 Å². The number of hydrogen-bond acceptors (Lipinski definition) is 3. The number of esters is 1. The molecule has 0 aliphatic rings. The van der Waals surface area contributed by atoms with E-state index in [-0.39, 0.29) is 12.6 Å². The van der Waals surface area contributed by atoms with E-state index in [0.717, 1.165) is 19.3 Å². The first-order chi connectivity index (χ1) is 8.79. The van der Waals surface area contributed by atoms with Gasteiger partial charge in [0.1, 0.15) is 17.9 Å². The van der Waals surface area contributed by atoms with Crippen molar-refractivity contribution in [3.05, 3.63) is 42.5 Å². The van der Waals surface area contributed by atoms with Gasteiger partial charge in [-0.2, -0.15) is 0 Å². The van der Waals surface area contributed by atoms with Crippen molar-refractivity contribution in [1.29, 1.82) is 0 Å². The monoisotopic (exact) mass is 248 g/mol. The molecule has 0 N–H and O–H groups in total. The first kappa shape index (κ1) is 14.3. The number of benzene rings is 1. The molecule has 3 heteroatoms. The molecule has 0 fully saturated rings. The van der Waals surface area contributed by atoms with Gasteiger partial charge in [0.15, 0.2) is 0 Å². The SMILES string of the molecule is C=CCOC(=O)c1ccccc1OCCCCC. The Hall–Kier alpha value is -1.77. The van der Waals surface area contributed by atoms with Crippen LogP contribution in [0.5, 0.6) is 5.75 Å². The van der Waals surface area contributed by atoms with Crippen LogP contribution in [0.4, 0.5) is 0 Å². The topological polar surface area (TPSA) is 35.5 Å². The van der Waals surface area contributed by atoms with E-state index >= 15 is 0 Å². The van der Waals surface area contributed by atoms with Crippen LogP contribution in [-0.2, 0) is 4.74 Å². The van der Waals surface area contributed by atoms with E-state index in [1.807, 2.05) is 6.07 Å². The summed E-state index contributed by atoms with van der Waals surface area (Å²) < 4.78 is 10.6. The van der Waals surface area contributed by atoms with Crippen molar-refractivity contribution in [1.82, 2.24) is 0 Å². The van der Waals surface area contributed by atoms with E-state index in [2.05, 4.69) is 13.5 Å². The normalized spacial score (nSPS) is 9.83. The van der Waals surface area contributed by atoms with Gasteiger partial charge in [-0.25, -0.2) is 4.79 Å². The molecule has 1 rings (SSSR count). The number of carbonyl (C=O) groups is 1. The lowest BCUT2D eigenvalue weighted by Gasteiger charge is -2.10. The second-order valence-corrected chi connectivity index (χ2v) is 3.94. The third kappa shape index (κ3) is 4.62. The summed E-state index contributed by atoms with van der Waals surface area (Å²) in [6.07, 6.45) is 4.81. The van der Waals surface area contributed by atoms with E-state index in [1.165, 1.54) is 0 Å². The molecule has 0 unspecified atom stereocenters. The lowest BCUT2D eigenvalue weighted by Crippen LogP contribution is -2.08. The molecule has 18 heavy (non-hydrogen) atoms. The summed E-state index contributed by atoms with van der Waals surface area (Å²) in [5, 5.41) is 0. The van der Waals surface area contributed by atoms with Crippen LogP contribution >= 0.6 is 0 Å². The molecule has 0 radical (unpaired) electrons. The molecule has 0 heterocycles. The average Bonchev–Trinajstić information content (AvgIpc) is 2.41. The number of rotatable bonds is 8. The van der Waals surface area contributed by atoms with Crippen LogP contribution < -0.4 is 4.74 Å². The van der Waals surface area contributed by atoms with Crippen LogP contribution in [0, 0.1) is 0 Å². The quantitative estimate of drug-likeness (QED) is 0.400. The maximum Gasteiger partial charge on any atom is 0.342 e. The van der Waals surface area contributed by atoms with E-state index in [0.29, 0.717) is 17.9 Å². The molecule has 1 aromatic carbocycles. The summed E-state index contributed by atoms with van der Waals surface area (Å²) in [6.45, 7) is 6.49. The fraction of sp³-hybridized carbons (Fsp3) is 0.400. The number of para-hydroxylation sites is 1. The molecule has 3 nitrogen and oxygen atoms in total. The number of carbonyl (C=O) groups excluding carboxylic acids is 1. The van der Waals surface area contributed by atoms with Gasteiger partial charge in [-0.05, 0) is 18.6 Å². The van der Waals surface area contributed by atoms with E-state index in [9.17, 15) is 4.79 Å². The van der Waals surface area contributed by atoms with Crippen molar-refractivity contribution in [3.8, 4) is 5.75 Å². The van der Waals surface area contributed by atoms with Crippen LogP contribution in [0.1, 0.15) is 36.5 Å². The molecular formula is C15H20O3. The highest BCUT2D eigenvalue weighted by Crippen LogP contribution is 2.19. The van der Waals surface area contributed by atoms with E-state index < -0.39 is 0 Å². The smallest absolute Gasteiger partial charge is 0.342 e. The fourth-order valence-electron chi connectivity index (χ4n) is 1.51. The highest BCUT2D eigenvalue weighted by Gasteiger charge is 2.12. The molecule has 0 saturated heterocycles. The van der Waals surface area contributed by atoms with Gasteiger partial charge in [-0.15, -0.1) is 0 Å². The summed E-state index contributed by atoms with van der Waals surface area (Å²) >= 11 is 0. The highest BCUT2D eigenvalue weighted by molar-refractivity contribution is 5.92. The Balaban J connectivity index is 2.61. The second kappa shape index (κ2) is 8.34. The predicted octanol–water partition coefficient (Wildman–Crippen LogP) is 3.60. The molecule has 0 aliphatic heterocycles. The lowest BCUT2D eigenvalue weighted by molar-refractivity contribution is 0.0545. The molecule has 0 saturated carbocycles. The van der Waals surface area contributed by atoms with Crippen molar-refractivity contribution < 1.29 is 14.3 Å². The van der Waals surface area contributed by atoms with Gasteiger partial charge < -0.3 is 9.47 Å². The van der Waals surface area contributed by atoms with Crippen LogP contribution in [0.3, 0.4) is 0 Å². The number of unbranched alkanes of at least 4 members (excludes halogenated alkanes) is 2. The molecule has 0 spiro atoms.